The maximum atomic E-state index is 4.29. The molecule has 0 saturated heterocycles. The van der Waals surface area contributed by atoms with E-state index >= 15 is 0 Å². The summed E-state index contributed by atoms with van der Waals surface area (Å²) in [6.07, 6.45) is 3.82. The average Bonchev–Trinajstić information content (AvgIpc) is 2.52. The van der Waals surface area contributed by atoms with Crippen LogP contribution in [0.1, 0.15) is 11.1 Å². The van der Waals surface area contributed by atoms with E-state index in [0.717, 1.165) is 11.4 Å². The Hall–Kier alpha value is -1.57. The Bertz CT molecular complexity index is 416. The quantitative estimate of drug-likeness (QED) is 0.704. The molecule has 0 aromatic carbocycles. The first kappa shape index (κ1) is 8.05. The van der Waals surface area contributed by atoms with Gasteiger partial charge in [0.15, 0.2) is 0 Å². The van der Waals surface area contributed by atoms with Crippen LogP contribution >= 0.6 is 0 Å². The Labute approximate surface area is 77.6 Å². The molecule has 2 heterocycles. The molecule has 0 radical (unpaired) electrons. The van der Waals surface area contributed by atoms with Crippen LogP contribution < -0.4 is 0 Å². The molecule has 0 fully saturated rings. The van der Waals surface area contributed by atoms with Gasteiger partial charge in [-0.3, -0.25) is 4.98 Å². The Morgan fingerprint density at radius 3 is 2.62 bits per heavy atom. The van der Waals surface area contributed by atoms with Crippen LogP contribution in [0.4, 0.5) is 0 Å². The van der Waals surface area contributed by atoms with Gasteiger partial charge in [-0.2, -0.15) is 0 Å². The molecular weight excluding hydrogens is 160 g/mol. The van der Waals surface area contributed by atoms with Crippen molar-refractivity contribution in [2.45, 2.75) is 13.8 Å². The topological polar surface area (TPSA) is 28.7 Å². The van der Waals surface area contributed by atoms with E-state index in [0.29, 0.717) is 0 Å². The van der Waals surface area contributed by atoms with Crippen molar-refractivity contribution in [3.63, 3.8) is 0 Å². The van der Waals surface area contributed by atoms with E-state index in [-0.39, 0.29) is 0 Å². The molecular formula is C11H12N2. The number of rotatable bonds is 1. The fourth-order valence-electron chi connectivity index (χ4n) is 1.33. The molecule has 0 atom stereocenters. The third-order valence-electron chi connectivity index (χ3n) is 2.02. The maximum Gasteiger partial charge on any atom is 0.0867 e. The molecule has 0 aliphatic rings. The van der Waals surface area contributed by atoms with Gasteiger partial charge in [0.25, 0.3) is 0 Å². The predicted octanol–water partition coefficient (Wildman–Crippen LogP) is 2.69. The van der Waals surface area contributed by atoms with Crippen LogP contribution in [-0.4, -0.2) is 9.97 Å². The van der Waals surface area contributed by atoms with Crippen LogP contribution in [-0.2, 0) is 0 Å². The van der Waals surface area contributed by atoms with Gasteiger partial charge in [0, 0.05) is 12.4 Å². The number of aromatic amines is 1. The molecule has 0 aliphatic carbocycles. The second-order valence-corrected chi connectivity index (χ2v) is 3.31. The van der Waals surface area contributed by atoms with Gasteiger partial charge in [-0.25, -0.2) is 0 Å². The first-order chi connectivity index (χ1) is 6.25. The van der Waals surface area contributed by atoms with Gasteiger partial charge >= 0.3 is 0 Å². The molecule has 13 heavy (non-hydrogen) atoms. The van der Waals surface area contributed by atoms with Crippen molar-refractivity contribution >= 4 is 0 Å². The Kier molecular flexibility index (Phi) is 1.89. The molecule has 2 aromatic heterocycles. The van der Waals surface area contributed by atoms with Gasteiger partial charge < -0.3 is 4.98 Å². The van der Waals surface area contributed by atoms with Gasteiger partial charge in [-0.05, 0) is 43.2 Å². The van der Waals surface area contributed by atoms with Crippen LogP contribution in [0.15, 0.2) is 30.6 Å². The second kappa shape index (κ2) is 3.05. The van der Waals surface area contributed by atoms with Gasteiger partial charge in [0.2, 0.25) is 0 Å². The maximum absolute atomic E-state index is 4.29. The van der Waals surface area contributed by atoms with Crippen molar-refractivity contribution in [2.24, 2.45) is 0 Å². The predicted molar refractivity (Wildman–Crippen MR) is 53.5 cm³/mol. The molecule has 2 aromatic rings. The highest BCUT2D eigenvalue weighted by Gasteiger charge is 2.00. The summed E-state index contributed by atoms with van der Waals surface area (Å²) in [4.78, 5) is 7.48. The summed E-state index contributed by atoms with van der Waals surface area (Å²) >= 11 is 0. The molecule has 2 nitrogen and oxygen atoms in total. The zero-order chi connectivity index (χ0) is 9.26. The number of aromatic nitrogens is 2. The molecule has 0 saturated carbocycles. The monoisotopic (exact) mass is 172 g/mol. The lowest BCUT2D eigenvalue weighted by Crippen LogP contribution is -1.83. The molecule has 2 rings (SSSR count). The Morgan fingerprint density at radius 2 is 2.00 bits per heavy atom. The number of nitrogens with one attached hydrogen (secondary N) is 1. The van der Waals surface area contributed by atoms with E-state index in [1.54, 1.807) is 0 Å². The largest absolute Gasteiger partial charge is 0.360 e. The highest BCUT2D eigenvalue weighted by atomic mass is 14.8. The fraction of sp³-hybridized carbons (Fsp3) is 0.182. The van der Waals surface area contributed by atoms with Gasteiger partial charge in [-0.15, -0.1) is 0 Å². The van der Waals surface area contributed by atoms with Gasteiger partial charge in [-0.1, -0.05) is 0 Å². The Balaban J connectivity index is 2.46. The molecule has 1 N–H and O–H groups in total. The van der Waals surface area contributed by atoms with E-state index in [9.17, 15) is 0 Å². The van der Waals surface area contributed by atoms with Crippen molar-refractivity contribution in [1.29, 1.82) is 0 Å². The highest BCUT2D eigenvalue weighted by Crippen LogP contribution is 2.16. The third-order valence-corrected chi connectivity index (χ3v) is 2.02. The zero-order valence-electron chi connectivity index (χ0n) is 7.83. The average molecular weight is 172 g/mol. The SMILES string of the molecule is Cc1ccnc(-c2cc(C)c[nH]2)c1. The fourth-order valence-corrected chi connectivity index (χ4v) is 1.33. The van der Waals surface area contributed by atoms with Crippen LogP contribution in [0.25, 0.3) is 11.4 Å². The van der Waals surface area contributed by atoms with Crippen LogP contribution in [0, 0.1) is 13.8 Å². The summed E-state index contributed by atoms with van der Waals surface area (Å²) in [7, 11) is 0. The molecule has 0 amide bonds. The first-order valence-corrected chi connectivity index (χ1v) is 4.34. The lowest BCUT2D eigenvalue weighted by molar-refractivity contribution is 1.25. The smallest absolute Gasteiger partial charge is 0.0867 e. The lowest BCUT2D eigenvalue weighted by atomic mass is 10.2. The van der Waals surface area contributed by atoms with Crippen molar-refractivity contribution in [3.8, 4) is 11.4 Å². The van der Waals surface area contributed by atoms with Crippen LogP contribution in [0.3, 0.4) is 0 Å². The molecule has 2 heteroatoms. The van der Waals surface area contributed by atoms with E-state index in [1.807, 2.05) is 18.5 Å². The Morgan fingerprint density at radius 1 is 1.15 bits per heavy atom. The standard InChI is InChI=1S/C11H12N2/c1-8-3-4-12-10(5-8)11-6-9(2)7-13-11/h3-7,13H,1-2H3. The van der Waals surface area contributed by atoms with Gasteiger partial charge in [0.05, 0.1) is 11.4 Å². The number of nitrogens with zero attached hydrogens (tertiary/aromatic N) is 1. The summed E-state index contributed by atoms with van der Waals surface area (Å²) in [5.74, 6) is 0. The summed E-state index contributed by atoms with van der Waals surface area (Å²) in [6, 6.07) is 6.17. The molecule has 66 valence electrons. The molecule has 0 unspecified atom stereocenters. The van der Waals surface area contributed by atoms with E-state index in [1.165, 1.54) is 11.1 Å². The van der Waals surface area contributed by atoms with Crippen molar-refractivity contribution < 1.29 is 0 Å². The number of pyridine rings is 1. The van der Waals surface area contributed by atoms with E-state index < -0.39 is 0 Å². The second-order valence-electron chi connectivity index (χ2n) is 3.31. The number of hydrogen-bond acceptors (Lipinski definition) is 1. The van der Waals surface area contributed by atoms with Crippen molar-refractivity contribution in [1.82, 2.24) is 9.97 Å². The summed E-state index contributed by atoms with van der Waals surface area (Å²) in [6.45, 7) is 4.14. The lowest BCUT2D eigenvalue weighted by Gasteiger charge is -1.97. The van der Waals surface area contributed by atoms with E-state index in [2.05, 4.69) is 35.9 Å². The summed E-state index contributed by atoms with van der Waals surface area (Å²) < 4.78 is 0. The number of aryl methyl sites for hydroxylation is 2. The summed E-state index contributed by atoms with van der Waals surface area (Å²) in [5, 5.41) is 0. The van der Waals surface area contributed by atoms with Crippen molar-refractivity contribution in [3.05, 3.63) is 41.7 Å². The zero-order valence-corrected chi connectivity index (χ0v) is 7.83. The summed E-state index contributed by atoms with van der Waals surface area (Å²) in [5.41, 5.74) is 4.56. The highest BCUT2D eigenvalue weighted by molar-refractivity contribution is 5.56. The first-order valence-electron chi connectivity index (χ1n) is 4.34. The third kappa shape index (κ3) is 1.61. The van der Waals surface area contributed by atoms with Crippen LogP contribution in [0.2, 0.25) is 0 Å². The van der Waals surface area contributed by atoms with Gasteiger partial charge in [0.1, 0.15) is 0 Å². The number of H-pyrrole nitrogens is 1. The molecule has 0 aliphatic heterocycles. The molecule has 0 spiro atoms. The molecule has 0 bridgehead atoms. The minimum absolute atomic E-state index is 1.01. The van der Waals surface area contributed by atoms with Crippen molar-refractivity contribution in [2.75, 3.05) is 0 Å². The minimum atomic E-state index is 1.01. The number of hydrogen-bond donors (Lipinski definition) is 1. The minimum Gasteiger partial charge on any atom is -0.360 e. The van der Waals surface area contributed by atoms with Crippen LogP contribution in [0.5, 0.6) is 0 Å². The normalized spacial score (nSPS) is 10.3. The van der Waals surface area contributed by atoms with E-state index in [4.69, 9.17) is 0 Å².